The summed E-state index contributed by atoms with van der Waals surface area (Å²) in [5, 5.41) is 14.5. The fourth-order valence-electron chi connectivity index (χ4n) is 2.24. The number of hydrogen-bond acceptors (Lipinski definition) is 5. The van der Waals surface area contributed by atoms with E-state index in [1.54, 1.807) is 11.9 Å². The summed E-state index contributed by atoms with van der Waals surface area (Å²) >= 11 is 0. The van der Waals surface area contributed by atoms with Crippen molar-refractivity contribution in [1.29, 1.82) is 0 Å². The number of tetrazole rings is 1. The average Bonchev–Trinajstić information content (AvgIpc) is 2.72. The lowest BCUT2D eigenvalue weighted by Crippen LogP contribution is -2.45. The summed E-state index contributed by atoms with van der Waals surface area (Å²) in [6.45, 7) is 4.73. The molecule has 1 aliphatic rings. The monoisotopic (exact) mass is 280 g/mol. The molecule has 2 amide bonds. The molecule has 2 rings (SSSR count). The van der Waals surface area contributed by atoms with Crippen molar-refractivity contribution in [2.45, 2.75) is 39.3 Å². The van der Waals surface area contributed by atoms with Gasteiger partial charge in [-0.25, -0.2) is 0 Å². The van der Waals surface area contributed by atoms with Crippen molar-refractivity contribution in [3.8, 4) is 0 Å². The Balaban J connectivity index is 2.10. The van der Waals surface area contributed by atoms with Gasteiger partial charge in [0.05, 0.1) is 13.6 Å². The van der Waals surface area contributed by atoms with Gasteiger partial charge < -0.3 is 10.2 Å². The van der Waals surface area contributed by atoms with E-state index >= 15 is 0 Å². The van der Waals surface area contributed by atoms with E-state index in [9.17, 15) is 9.59 Å². The summed E-state index contributed by atoms with van der Waals surface area (Å²) in [6, 6.07) is -0.457. The second-order valence-corrected chi connectivity index (χ2v) is 5.45. The standard InChI is InChI=1S/C12H20N6O2/c1-8(2)6-9-12(20)18(5-4-11(19)13-9)7-10-14-16-17(3)15-10/h8-9H,4-7H2,1-3H3,(H,13,19). The minimum absolute atomic E-state index is 0.0722. The van der Waals surface area contributed by atoms with Gasteiger partial charge in [0.15, 0.2) is 5.82 Å². The Morgan fingerprint density at radius 1 is 1.40 bits per heavy atom. The van der Waals surface area contributed by atoms with Gasteiger partial charge in [-0.1, -0.05) is 13.8 Å². The largest absolute Gasteiger partial charge is 0.344 e. The third kappa shape index (κ3) is 3.52. The fraction of sp³-hybridized carbons (Fsp3) is 0.750. The highest BCUT2D eigenvalue weighted by Gasteiger charge is 2.30. The molecule has 0 aromatic carbocycles. The van der Waals surface area contributed by atoms with Crippen LogP contribution in [0.5, 0.6) is 0 Å². The van der Waals surface area contributed by atoms with Crippen LogP contribution in [0, 0.1) is 5.92 Å². The number of rotatable bonds is 4. The van der Waals surface area contributed by atoms with Gasteiger partial charge in [-0.2, -0.15) is 4.80 Å². The highest BCUT2D eigenvalue weighted by atomic mass is 16.2. The Morgan fingerprint density at radius 2 is 2.15 bits per heavy atom. The normalized spacial score (nSPS) is 20.2. The van der Waals surface area contributed by atoms with Crippen LogP contribution < -0.4 is 5.32 Å². The zero-order valence-electron chi connectivity index (χ0n) is 12.0. The van der Waals surface area contributed by atoms with E-state index in [4.69, 9.17) is 0 Å². The maximum atomic E-state index is 12.5. The molecule has 0 radical (unpaired) electrons. The molecule has 0 aliphatic carbocycles. The van der Waals surface area contributed by atoms with Gasteiger partial charge in [-0.15, -0.1) is 10.2 Å². The van der Waals surface area contributed by atoms with E-state index in [-0.39, 0.29) is 18.4 Å². The molecule has 1 aromatic heterocycles. The molecule has 0 bridgehead atoms. The Kier molecular flexibility index (Phi) is 4.31. The Labute approximate surface area is 117 Å². The molecule has 0 saturated carbocycles. The second kappa shape index (κ2) is 5.98. The zero-order valence-corrected chi connectivity index (χ0v) is 12.0. The van der Waals surface area contributed by atoms with Gasteiger partial charge in [0.25, 0.3) is 0 Å². The van der Waals surface area contributed by atoms with E-state index in [1.165, 1.54) is 4.80 Å². The molecule has 0 spiro atoms. The molecule has 1 unspecified atom stereocenters. The van der Waals surface area contributed by atoms with Crippen LogP contribution in [0.3, 0.4) is 0 Å². The van der Waals surface area contributed by atoms with Crippen molar-refractivity contribution < 1.29 is 9.59 Å². The van der Waals surface area contributed by atoms with Crippen LogP contribution in [0.2, 0.25) is 0 Å². The van der Waals surface area contributed by atoms with E-state index in [0.29, 0.717) is 31.1 Å². The third-order valence-electron chi connectivity index (χ3n) is 3.14. The molecular formula is C12H20N6O2. The summed E-state index contributed by atoms with van der Waals surface area (Å²) < 4.78 is 0. The highest BCUT2D eigenvalue weighted by Crippen LogP contribution is 2.13. The lowest BCUT2D eigenvalue weighted by atomic mass is 10.0. The summed E-state index contributed by atoms with van der Waals surface area (Å²) in [6.07, 6.45) is 0.940. The predicted molar refractivity (Wildman–Crippen MR) is 70.2 cm³/mol. The fourth-order valence-corrected chi connectivity index (χ4v) is 2.24. The smallest absolute Gasteiger partial charge is 0.245 e. The zero-order chi connectivity index (χ0) is 14.7. The quantitative estimate of drug-likeness (QED) is 0.800. The van der Waals surface area contributed by atoms with Crippen molar-refractivity contribution in [1.82, 2.24) is 30.4 Å². The average molecular weight is 280 g/mol. The summed E-state index contributed by atoms with van der Waals surface area (Å²) in [5.74, 6) is 0.660. The molecular weight excluding hydrogens is 260 g/mol. The van der Waals surface area contributed by atoms with Gasteiger partial charge in [-0.05, 0) is 17.6 Å². The van der Waals surface area contributed by atoms with Gasteiger partial charge in [0.1, 0.15) is 6.04 Å². The second-order valence-electron chi connectivity index (χ2n) is 5.45. The summed E-state index contributed by atoms with van der Waals surface area (Å²) in [4.78, 5) is 27.1. The first kappa shape index (κ1) is 14.4. The van der Waals surface area contributed by atoms with E-state index in [2.05, 4.69) is 20.7 Å². The maximum Gasteiger partial charge on any atom is 0.245 e. The SMILES string of the molecule is CC(C)CC1NC(=O)CCN(Cc2nnn(C)n2)C1=O. The summed E-state index contributed by atoms with van der Waals surface area (Å²) in [5.41, 5.74) is 0. The molecule has 2 heterocycles. The van der Waals surface area contributed by atoms with Crippen LogP contribution >= 0.6 is 0 Å². The van der Waals surface area contributed by atoms with Crippen molar-refractivity contribution in [3.63, 3.8) is 0 Å². The molecule has 1 aromatic rings. The Hall–Kier alpha value is -1.99. The minimum atomic E-state index is -0.457. The molecule has 1 fully saturated rings. The van der Waals surface area contributed by atoms with Crippen LogP contribution in [0.1, 0.15) is 32.5 Å². The van der Waals surface area contributed by atoms with Crippen molar-refractivity contribution >= 4 is 11.8 Å². The molecule has 1 atom stereocenters. The van der Waals surface area contributed by atoms with Crippen molar-refractivity contribution in [2.24, 2.45) is 13.0 Å². The van der Waals surface area contributed by atoms with E-state index < -0.39 is 6.04 Å². The summed E-state index contributed by atoms with van der Waals surface area (Å²) in [7, 11) is 1.67. The lowest BCUT2D eigenvalue weighted by Gasteiger charge is -2.23. The molecule has 8 heteroatoms. The number of nitrogens with zero attached hydrogens (tertiary/aromatic N) is 5. The Bertz CT molecular complexity index is 498. The molecule has 1 N–H and O–H groups in total. The number of amides is 2. The first-order valence-electron chi connectivity index (χ1n) is 6.76. The van der Waals surface area contributed by atoms with Crippen molar-refractivity contribution in [2.75, 3.05) is 6.54 Å². The number of aromatic nitrogens is 4. The van der Waals surface area contributed by atoms with Crippen LogP contribution in [0.25, 0.3) is 0 Å². The van der Waals surface area contributed by atoms with Crippen molar-refractivity contribution in [3.05, 3.63) is 5.82 Å². The van der Waals surface area contributed by atoms with Gasteiger partial charge in [0, 0.05) is 13.0 Å². The van der Waals surface area contributed by atoms with Crippen LogP contribution in [-0.2, 0) is 23.2 Å². The van der Waals surface area contributed by atoms with Crippen LogP contribution in [0.15, 0.2) is 0 Å². The van der Waals surface area contributed by atoms with E-state index in [1.807, 2.05) is 13.8 Å². The Morgan fingerprint density at radius 3 is 2.75 bits per heavy atom. The molecule has 20 heavy (non-hydrogen) atoms. The van der Waals surface area contributed by atoms with Gasteiger partial charge >= 0.3 is 0 Å². The molecule has 1 aliphatic heterocycles. The van der Waals surface area contributed by atoms with Gasteiger partial charge in [0.2, 0.25) is 11.8 Å². The minimum Gasteiger partial charge on any atom is -0.344 e. The van der Waals surface area contributed by atoms with Crippen LogP contribution in [-0.4, -0.2) is 49.5 Å². The number of nitrogens with one attached hydrogen (secondary N) is 1. The first-order chi connectivity index (χ1) is 9.45. The van der Waals surface area contributed by atoms with Gasteiger partial charge in [-0.3, -0.25) is 9.59 Å². The molecule has 110 valence electrons. The lowest BCUT2D eigenvalue weighted by molar-refractivity contribution is -0.134. The number of hydrogen-bond donors (Lipinski definition) is 1. The highest BCUT2D eigenvalue weighted by molar-refractivity contribution is 5.89. The third-order valence-corrected chi connectivity index (χ3v) is 3.14. The molecule has 8 nitrogen and oxygen atoms in total. The van der Waals surface area contributed by atoms with E-state index in [0.717, 1.165) is 0 Å². The number of carbonyl (C=O) groups excluding carboxylic acids is 2. The maximum absolute atomic E-state index is 12.5. The van der Waals surface area contributed by atoms with Crippen LogP contribution in [0.4, 0.5) is 0 Å². The number of aryl methyl sites for hydroxylation is 1. The number of carbonyl (C=O) groups is 2. The molecule has 1 saturated heterocycles. The predicted octanol–water partition coefficient (Wildman–Crippen LogP) is -0.527. The topological polar surface area (TPSA) is 93.0 Å². The first-order valence-corrected chi connectivity index (χ1v) is 6.76.